The van der Waals surface area contributed by atoms with Crippen LogP contribution in [0.15, 0.2) is 36.4 Å². The minimum atomic E-state index is 0.372. The van der Waals surface area contributed by atoms with E-state index in [9.17, 15) is 0 Å². The Balaban J connectivity index is 1.83. The molecule has 0 aliphatic rings. The van der Waals surface area contributed by atoms with Crippen molar-refractivity contribution in [2.45, 2.75) is 18.2 Å². The SMILES string of the molecule is Cc1ccc(C(Br)Cc2nc3ccccc3s2)s1. The lowest BCUT2D eigenvalue weighted by atomic mass is 10.2. The Kier molecular flexibility index (Phi) is 3.50. The Morgan fingerprint density at radius 3 is 2.72 bits per heavy atom. The minimum absolute atomic E-state index is 0.372. The average molecular weight is 338 g/mol. The highest BCUT2D eigenvalue weighted by molar-refractivity contribution is 9.09. The van der Waals surface area contributed by atoms with Crippen molar-refractivity contribution in [1.82, 2.24) is 4.98 Å². The molecule has 1 nitrogen and oxygen atoms in total. The molecule has 0 radical (unpaired) electrons. The minimum Gasteiger partial charge on any atom is -0.241 e. The number of benzene rings is 1. The number of hydrogen-bond acceptors (Lipinski definition) is 3. The van der Waals surface area contributed by atoms with Gasteiger partial charge in [0.2, 0.25) is 0 Å². The summed E-state index contributed by atoms with van der Waals surface area (Å²) in [4.78, 5) is 7.79. The van der Waals surface area contributed by atoms with Crippen molar-refractivity contribution < 1.29 is 0 Å². The van der Waals surface area contributed by atoms with E-state index in [2.05, 4.69) is 58.2 Å². The van der Waals surface area contributed by atoms with Crippen molar-refractivity contribution in [3.8, 4) is 0 Å². The van der Waals surface area contributed by atoms with Crippen molar-refractivity contribution in [3.05, 3.63) is 51.2 Å². The molecule has 1 aromatic carbocycles. The summed E-state index contributed by atoms with van der Waals surface area (Å²) < 4.78 is 1.27. The maximum absolute atomic E-state index is 4.68. The summed E-state index contributed by atoms with van der Waals surface area (Å²) in [5.41, 5.74) is 1.11. The standard InChI is InChI=1S/C14H12BrNS2/c1-9-6-7-12(17-9)10(15)8-14-16-11-4-2-3-5-13(11)18-14/h2-7,10H,8H2,1H3. The summed E-state index contributed by atoms with van der Waals surface area (Å²) in [5, 5.41) is 1.20. The van der Waals surface area contributed by atoms with Crippen LogP contribution in [0.5, 0.6) is 0 Å². The predicted molar refractivity (Wildman–Crippen MR) is 84.0 cm³/mol. The summed E-state index contributed by atoms with van der Waals surface area (Å²) in [6.45, 7) is 2.14. The summed E-state index contributed by atoms with van der Waals surface area (Å²) in [7, 11) is 0. The lowest BCUT2D eigenvalue weighted by Gasteiger charge is -2.03. The molecule has 4 heteroatoms. The smallest absolute Gasteiger partial charge is 0.0953 e. The largest absolute Gasteiger partial charge is 0.241 e. The molecule has 1 unspecified atom stereocenters. The van der Waals surface area contributed by atoms with Crippen LogP contribution in [-0.4, -0.2) is 4.98 Å². The lowest BCUT2D eigenvalue weighted by molar-refractivity contribution is 0.957. The highest BCUT2D eigenvalue weighted by Crippen LogP contribution is 2.34. The molecule has 0 N–H and O–H groups in total. The van der Waals surface area contributed by atoms with Crippen LogP contribution in [0.3, 0.4) is 0 Å². The Hall–Kier alpha value is -0.710. The molecule has 0 saturated carbocycles. The van der Waals surface area contributed by atoms with Gasteiger partial charge < -0.3 is 0 Å². The number of hydrogen-bond donors (Lipinski definition) is 0. The molecule has 3 rings (SSSR count). The first-order valence-corrected chi connectivity index (χ1v) is 8.32. The van der Waals surface area contributed by atoms with Gasteiger partial charge in [0.1, 0.15) is 0 Å². The van der Waals surface area contributed by atoms with Gasteiger partial charge in [0.05, 0.1) is 20.1 Å². The first-order chi connectivity index (χ1) is 8.72. The predicted octanol–water partition coefficient (Wildman–Crippen LogP) is 5.34. The molecular formula is C14H12BrNS2. The number of rotatable bonds is 3. The normalized spacial score (nSPS) is 13.0. The van der Waals surface area contributed by atoms with Gasteiger partial charge in [0, 0.05) is 16.2 Å². The summed E-state index contributed by atoms with van der Waals surface area (Å²) >= 11 is 7.41. The summed E-state index contributed by atoms with van der Waals surface area (Å²) in [6, 6.07) is 12.7. The molecule has 18 heavy (non-hydrogen) atoms. The van der Waals surface area contributed by atoms with Gasteiger partial charge in [-0.25, -0.2) is 4.98 Å². The third kappa shape index (κ3) is 2.51. The van der Waals surface area contributed by atoms with Crippen molar-refractivity contribution in [2.75, 3.05) is 0 Å². The Morgan fingerprint density at radius 1 is 1.17 bits per heavy atom. The number of thiazole rings is 1. The lowest BCUT2D eigenvalue weighted by Crippen LogP contribution is -1.91. The van der Waals surface area contributed by atoms with Crippen LogP contribution in [0.2, 0.25) is 0 Å². The number of halogens is 1. The van der Waals surface area contributed by atoms with Crippen LogP contribution in [0.25, 0.3) is 10.2 Å². The van der Waals surface area contributed by atoms with Crippen molar-refractivity contribution in [2.24, 2.45) is 0 Å². The topological polar surface area (TPSA) is 12.9 Å². The molecule has 0 amide bonds. The van der Waals surface area contributed by atoms with Gasteiger partial charge in [0.25, 0.3) is 0 Å². The van der Waals surface area contributed by atoms with Crippen molar-refractivity contribution in [3.63, 3.8) is 0 Å². The summed E-state index contributed by atoms with van der Waals surface area (Å²) in [5.74, 6) is 0. The van der Waals surface area contributed by atoms with Crippen LogP contribution in [0.1, 0.15) is 19.6 Å². The van der Waals surface area contributed by atoms with E-state index in [0.717, 1.165) is 11.9 Å². The van der Waals surface area contributed by atoms with Crippen LogP contribution in [0.4, 0.5) is 0 Å². The first-order valence-electron chi connectivity index (χ1n) is 5.77. The molecule has 0 aliphatic carbocycles. The molecule has 0 fully saturated rings. The quantitative estimate of drug-likeness (QED) is 0.587. The molecule has 0 saturated heterocycles. The third-order valence-electron chi connectivity index (χ3n) is 2.76. The van der Waals surface area contributed by atoms with Crippen LogP contribution in [0, 0.1) is 6.92 Å². The molecule has 92 valence electrons. The molecule has 0 spiro atoms. The highest BCUT2D eigenvalue weighted by atomic mass is 79.9. The molecule has 2 heterocycles. The zero-order chi connectivity index (χ0) is 12.5. The van der Waals surface area contributed by atoms with E-state index in [1.807, 2.05) is 17.4 Å². The number of alkyl halides is 1. The number of thiophene rings is 1. The van der Waals surface area contributed by atoms with Crippen LogP contribution in [-0.2, 0) is 6.42 Å². The van der Waals surface area contributed by atoms with E-state index in [0.29, 0.717) is 4.83 Å². The fraction of sp³-hybridized carbons (Fsp3) is 0.214. The fourth-order valence-electron chi connectivity index (χ4n) is 1.88. The Morgan fingerprint density at radius 2 is 2.00 bits per heavy atom. The maximum atomic E-state index is 4.68. The highest BCUT2D eigenvalue weighted by Gasteiger charge is 2.13. The zero-order valence-electron chi connectivity index (χ0n) is 9.89. The van der Waals surface area contributed by atoms with Gasteiger partial charge in [-0.05, 0) is 31.2 Å². The van der Waals surface area contributed by atoms with Gasteiger partial charge in [-0.3, -0.25) is 0 Å². The third-order valence-corrected chi connectivity index (χ3v) is 6.05. The van der Waals surface area contributed by atoms with Gasteiger partial charge >= 0.3 is 0 Å². The number of aromatic nitrogens is 1. The molecule has 0 bridgehead atoms. The number of fused-ring (bicyclic) bond motifs is 1. The van der Waals surface area contributed by atoms with E-state index in [4.69, 9.17) is 0 Å². The Bertz CT molecular complexity index is 638. The van der Waals surface area contributed by atoms with E-state index >= 15 is 0 Å². The second-order valence-electron chi connectivity index (χ2n) is 4.20. The number of nitrogens with zero attached hydrogens (tertiary/aromatic N) is 1. The molecule has 3 aromatic rings. The number of para-hydroxylation sites is 1. The molecule has 0 aliphatic heterocycles. The van der Waals surface area contributed by atoms with E-state index in [-0.39, 0.29) is 0 Å². The second-order valence-corrected chi connectivity index (χ2v) is 7.74. The summed E-state index contributed by atoms with van der Waals surface area (Å²) in [6.07, 6.45) is 0.958. The molecule has 1 atom stereocenters. The van der Waals surface area contributed by atoms with Crippen LogP contribution >= 0.6 is 38.6 Å². The zero-order valence-corrected chi connectivity index (χ0v) is 13.1. The van der Waals surface area contributed by atoms with E-state index < -0.39 is 0 Å². The van der Waals surface area contributed by atoms with Gasteiger partial charge in [-0.2, -0.15) is 0 Å². The van der Waals surface area contributed by atoms with Gasteiger partial charge in [0.15, 0.2) is 0 Å². The van der Waals surface area contributed by atoms with Crippen LogP contribution < -0.4 is 0 Å². The van der Waals surface area contributed by atoms with Gasteiger partial charge in [-0.15, -0.1) is 22.7 Å². The molecular weight excluding hydrogens is 326 g/mol. The first kappa shape index (κ1) is 12.3. The molecule has 2 aromatic heterocycles. The van der Waals surface area contributed by atoms with E-state index in [1.165, 1.54) is 19.5 Å². The van der Waals surface area contributed by atoms with E-state index in [1.54, 1.807) is 11.3 Å². The average Bonchev–Trinajstić information content (AvgIpc) is 2.94. The Labute approximate surface area is 123 Å². The number of aryl methyl sites for hydroxylation is 1. The van der Waals surface area contributed by atoms with Crippen molar-refractivity contribution in [1.29, 1.82) is 0 Å². The van der Waals surface area contributed by atoms with Crippen molar-refractivity contribution >= 4 is 48.8 Å². The van der Waals surface area contributed by atoms with Gasteiger partial charge in [-0.1, -0.05) is 28.1 Å². The fourth-order valence-corrected chi connectivity index (χ4v) is 4.70. The monoisotopic (exact) mass is 337 g/mol. The maximum Gasteiger partial charge on any atom is 0.0953 e. The second kappa shape index (κ2) is 5.11.